The first kappa shape index (κ1) is 28.5. The highest BCUT2D eigenvalue weighted by Gasteiger charge is 1.99. The van der Waals surface area contributed by atoms with Gasteiger partial charge in [-0.15, -0.1) is 0 Å². The Morgan fingerprint density at radius 1 is 0.640 bits per heavy atom. The fourth-order valence-electron chi connectivity index (χ4n) is 0.671. The lowest BCUT2D eigenvalue weighted by molar-refractivity contribution is -0.141. The summed E-state index contributed by atoms with van der Waals surface area (Å²) in [6, 6.07) is 0. The van der Waals surface area contributed by atoms with Gasteiger partial charge in [-0.2, -0.15) is 0 Å². The van der Waals surface area contributed by atoms with Crippen LogP contribution in [0.25, 0.3) is 0 Å². The lowest BCUT2D eigenvalue weighted by atomic mass is 10.2. The Morgan fingerprint density at radius 2 is 0.840 bits per heavy atom. The van der Waals surface area contributed by atoms with Crippen molar-refractivity contribution in [3.8, 4) is 0 Å². The molecule has 9 heteroatoms. The summed E-state index contributed by atoms with van der Waals surface area (Å²) >= 11 is 0. The third-order valence-corrected chi connectivity index (χ3v) is 2.20. The molecule has 9 nitrogen and oxygen atoms in total. The molecule has 4 N–H and O–H groups in total. The van der Waals surface area contributed by atoms with E-state index in [1.165, 1.54) is 0 Å². The van der Waals surface area contributed by atoms with E-state index in [0.717, 1.165) is 0 Å². The fraction of sp³-hybridized carbons (Fsp3) is 0.875. The van der Waals surface area contributed by atoms with Gasteiger partial charge in [0.25, 0.3) is 0 Å². The zero-order chi connectivity index (χ0) is 20.1. The van der Waals surface area contributed by atoms with Crippen LogP contribution in [0.2, 0.25) is 0 Å². The minimum Gasteiger partial charge on any atom is -0.481 e. The molecular weight excluding hydrogens is 336 g/mol. The van der Waals surface area contributed by atoms with Crippen LogP contribution in [0.4, 0.5) is 0 Å². The number of aliphatic hydroxyl groups is 2. The zero-order valence-electron chi connectivity index (χ0n) is 15.6. The van der Waals surface area contributed by atoms with Crippen molar-refractivity contribution < 1.29 is 44.2 Å². The Balaban J connectivity index is -0.000000336. The number of ether oxygens (including phenoxy) is 3. The third kappa shape index (κ3) is 34.9. The molecule has 0 aromatic carbocycles. The van der Waals surface area contributed by atoms with Crippen LogP contribution in [0, 0.1) is 11.8 Å². The number of carbonyl (C=O) groups is 2. The first-order valence-electron chi connectivity index (χ1n) is 8.11. The van der Waals surface area contributed by atoms with E-state index in [-0.39, 0.29) is 25.0 Å². The van der Waals surface area contributed by atoms with Crippen molar-refractivity contribution in [3.63, 3.8) is 0 Å². The molecule has 0 fully saturated rings. The number of aliphatic carboxylic acids is 2. The van der Waals surface area contributed by atoms with Gasteiger partial charge in [0.1, 0.15) is 0 Å². The zero-order valence-corrected chi connectivity index (χ0v) is 15.6. The van der Waals surface area contributed by atoms with E-state index in [1.54, 1.807) is 27.7 Å². The van der Waals surface area contributed by atoms with Crippen molar-refractivity contribution >= 4 is 11.9 Å². The summed E-state index contributed by atoms with van der Waals surface area (Å²) in [6.45, 7) is 9.33. The molecule has 25 heavy (non-hydrogen) atoms. The van der Waals surface area contributed by atoms with Crippen molar-refractivity contribution in [1.82, 2.24) is 0 Å². The van der Waals surface area contributed by atoms with E-state index >= 15 is 0 Å². The Labute approximate surface area is 149 Å². The van der Waals surface area contributed by atoms with E-state index in [0.29, 0.717) is 39.6 Å². The summed E-state index contributed by atoms with van der Waals surface area (Å²) in [5, 5.41) is 32.7. The number of carboxylic acid groups (broad SMARTS) is 2. The summed E-state index contributed by atoms with van der Waals surface area (Å²) in [5.74, 6) is -1.94. The number of aliphatic hydroxyl groups excluding tert-OH is 2. The largest absolute Gasteiger partial charge is 0.481 e. The van der Waals surface area contributed by atoms with Gasteiger partial charge in [-0.05, 0) is 0 Å². The highest BCUT2D eigenvalue weighted by Crippen LogP contribution is 1.87. The predicted octanol–water partition coefficient (Wildman–Crippen LogP) is 0.475. The molecule has 152 valence electrons. The SMILES string of the molecule is CC(C)C(=O)O.CC(C)C(=O)O.OCCOCCOCCOCCO. The van der Waals surface area contributed by atoms with Gasteiger partial charge in [-0.3, -0.25) is 9.59 Å². The fourth-order valence-corrected chi connectivity index (χ4v) is 0.671. The molecule has 0 aromatic heterocycles. The topological polar surface area (TPSA) is 143 Å². The molecular formula is C16H34O9. The summed E-state index contributed by atoms with van der Waals surface area (Å²) in [7, 11) is 0. The van der Waals surface area contributed by atoms with E-state index in [2.05, 4.69) is 0 Å². The standard InChI is InChI=1S/C8H18O5.2C4H8O2/c9-1-3-11-5-7-13-8-6-12-4-2-10;2*1-3(2)4(5)6/h9-10H,1-8H2;2*3H,1-2H3,(H,5,6). The maximum atomic E-state index is 9.70. The van der Waals surface area contributed by atoms with Crippen LogP contribution in [0.1, 0.15) is 27.7 Å². The number of hydrogen-bond acceptors (Lipinski definition) is 7. The number of rotatable bonds is 12. The minimum atomic E-state index is -0.741. The molecule has 0 rings (SSSR count). The Morgan fingerprint density at radius 3 is 1.00 bits per heavy atom. The van der Waals surface area contributed by atoms with Gasteiger partial charge >= 0.3 is 11.9 Å². The van der Waals surface area contributed by atoms with E-state index in [1.807, 2.05) is 0 Å². The number of hydrogen-bond donors (Lipinski definition) is 4. The molecule has 0 aromatic rings. The molecule has 0 radical (unpaired) electrons. The Kier molecular flexibility index (Phi) is 26.0. The Hall–Kier alpha value is -1.26. The second kappa shape index (κ2) is 22.7. The van der Waals surface area contributed by atoms with Gasteiger partial charge in [-0.1, -0.05) is 27.7 Å². The molecule has 0 atom stereocenters. The van der Waals surface area contributed by atoms with Crippen molar-refractivity contribution in [3.05, 3.63) is 0 Å². The number of carboxylic acids is 2. The monoisotopic (exact) mass is 370 g/mol. The van der Waals surface area contributed by atoms with Crippen molar-refractivity contribution in [2.45, 2.75) is 27.7 Å². The van der Waals surface area contributed by atoms with E-state index in [9.17, 15) is 9.59 Å². The van der Waals surface area contributed by atoms with Crippen LogP contribution in [0.3, 0.4) is 0 Å². The first-order valence-corrected chi connectivity index (χ1v) is 8.11. The highest BCUT2D eigenvalue weighted by atomic mass is 16.5. The highest BCUT2D eigenvalue weighted by molar-refractivity contribution is 5.69. The molecule has 0 spiro atoms. The normalized spacial score (nSPS) is 9.92. The summed E-state index contributed by atoms with van der Waals surface area (Å²) in [5.41, 5.74) is 0. The van der Waals surface area contributed by atoms with Gasteiger partial charge in [0, 0.05) is 0 Å². The summed E-state index contributed by atoms with van der Waals surface area (Å²) in [4.78, 5) is 19.4. The molecule has 0 bridgehead atoms. The van der Waals surface area contributed by atoms with Crippen LogP contribution < -0.4 is 0 Å². The van der Waals surface area contributed by atoms with Gasteiger partial charge < -0.3 is 34.6 Å². The average Bonchev–Trinajstić information content (AvgIpc) is 2.54. The lowest BCUT2D eigenvalue weighted by Crippen LogP contribution is -2.11. The molecule has 0 amide bonds. The molecule has 0 aliphatic heterocycles. The third-order valence-electron chi connectivity index (χ3n) is 2.20. The molecule has 0 aliphatic rings. The molecule has 0 heterocycles. The first-order chi connectivity index (χ1) is 11.7. The van der Waals surface area contributed by atoms with Gasteiger partial charge in [-0.25, -0.2) is 0 Å². The second-order valence-corrected chi connectivity index (χ2v) is 5.27. The molecule has 0 unspecified atom stereocenters. The minimum absolute atomic E-state index is 0.0413. The maximum Gasteiger partial charge on any atom is 0.305 e. The lowest BCUT2D eigenvalue weighted by Gasteiger charge is -2.04. The van der Waals surface area contributed by atoms with Crippen LogP contribution in [0.5, 0.6) is 0 Å². The average molecular weight is 370 g/mol. The van der Waals surface area contributed by atoms with Gasteiger partial charge in [0.2, 0.25) is 0 Å². The van der Waals surface area contributed by atoms with Crippen LogP contribution in [0.15, 0.2) is 0 Å². The van der Waals surface area contributed by atoms with E-state index in [4.69, 9.17) is 34.6 Å². The maximum absolute atomic E-state index is 9.70. The quantitative estimate of drug-likeness (QED) is 0.361. The van der Waals surface area contributed by atoms with Crippen molar-refractivity contribution in [2.75, 3.05) is 52.9 Å². The predicted molar refractivity (Wildman–Crippen MR) is 91.6 cm³/mol. The Bertz CT molecular complexity index is 265. The molecule has 0 saturated carbocycles. The molecule has 0 saturated heterocycles. The second-order valence-electron chi connectivity index (χ2n) is 5.27. The van der Waals surface area contributed by atoms with Gasteiger partial charge in [0.15, 0.2) is 0 Å². The molecule has 0 aliphatic carbocycles. The summed E-state index contributed by atoms with van der Waals surface area (Å²) < 4.78 is 15.0. The van der Waals surface area contributed by atoms with Crippen LogP contribution in [-0.4, -0.2) is 85.2 Å². The van der Waals surface area contributed by atoms with Crippen molar-refractivity contribution in [2.24, 2.45) is 11.8 Å². The van der Waals surface area contributed by atoms with Crippen LogP contribution >= 0.6 is 0 Å². The van der Waals surface area contributed by atoms with Gasteiger partial charge in [0.05, 0.1) is 64.7 Å². The van der Waals surface area contributed by atoms with E-state index < -0.39 is 11.9 Å². The smallest absolute Gasteiger partial charge is 0.305 e. The van der Waals surface area contributed by atoms with Crippen molar-refractivity contribution in [1.29, 1.82) is 0 Å². The van der Waals surface area contributed by atoms with Crippen LogP contribution in [-0.2, 0) is 23.8 Å². The summed E-state index contributed by atoms with van der Waals surface area (Å²) in [6.07, 6.45) is 0.